The monoisotopic (exact) mass is 390 g/mol. The maximum absolute atomic E-state index is 12.9. The average Bonchev–Trinajstić information content (AvgIpc) is 3.03. The smallest absolute Gasteiger partial charge is 0.288 e. The number of aromatic nitrogens is 7. The first-order valence-electron chi connectivity index (χ1n) is 7.88. The summed E-state index contributed by atoms with van der Waals surface area (Å²) in [5.41, 5.74) is -1.11. The van der Waals surface area contributed by atoms with Gasteiger partial charge in [0.25, 0.3) is 11.5 Å². The fourth-order valence-electron chi connectivity index (χ4n) is 2.39. The highest BCUT2D eigenvalue weighted by atomic mass is 35.5. The van der Waals surface area contributed by atoms with Gasteiger partial charge >= 0.3 is 5.69 Å². The van der Waals surface area contributed by atoms with E-state index in [1.807, 2.05) is 0 Å². The number of aryl methyl sites for hydroxylation is 3. The third-order valence-corrected chi connectivity index (χ3v) is 4.05. The van der Waals surface area contributed by atoms with Crippen LogP contribution in [0.5, 0.6) is 0 Å². The van der Waals surface area contributed by atoms with Gasteiger partial charge in [0.05, 0.1) is 5.69 Å². The minimum absolute atomic E-state index is 0.0286. The fraction of sp³-hybridized carbons (Fsp3) is 0.267. The summed E-state index contributed by atoms with van der Waals surface area (Å²) in [4.78, 5) is 38.1. The van der Waals surface area contributed by atoms with Gasteiger partial charge in [-0.15, -0.1) is 0 Å². The molecule has 11 nitrogen and oxygen atoms in total. The molecule has 140 valence electrons. The molecule has 1 N–H and O–H groups in total. The summed E-state index contributed by atoms with van der Waals surface area (Å²) >= 11 is 6.02. The summed E-state index contributed by atoms with van der Waals surface area (Å²) in [6.07, 6.45) is 0. The van der Waals surface area contributed by atoms with Gasteiger partial charge in [-0.2, -0.15) is 5.10 Å². The quantitative estimate of drug-likeness (QED) is 0.671. The van der Waals surface area contributed by atoms with Crippen molar-refractivity contribution in [1.29, 1.82) is 0 Å². The number of benzene rings is 1. The van der Waals surface area contributed by atoms with Crippen molar-refractivity contribution < 1.29 is 4.79 Å². The molecule has 0 spiro atoms. The fourth-order valence-corrected chi connectivity index (χ4v) is 2.56. The lowest BCUT2D eigenvalue weighted by molar-refractivity contribution is 0.101. The maximum atomic E-state index is 12.9. The normalized spacial score (nSPS) is 10.8. The first-order chi connectivity index (χ1) is 12.8. The number of nitrogens with one attached hydrogen (secondary N) is 1. The molecule has 12 heteroatoms. The number of amides is 1. The molecular formula is C15H15ClN8O3. The Morgan fingerprint density at radius 2 is 2.04 bits per heavy atom. The zero-order chi connectivity index (χ0) is 19.7. The van der Waals surface area contributed by atoms with Crippen LogP contribution in [0.3, 0.4) is 0 Å². The molecule has 0 saturated heterocycles. The molecular weight excluding hydrogens is 376 g/mol. The standard InChI is InChI=1S/C15H15ClN8O3/c1-4-23-15(27)24(10-7-9(16)6-5-8(10)2)13(26)11(19-23)12(25)17-14-18-20-21-22(14)3/h5-7H,4H2,1-3H3,(H,17,18,21,25). The van der Waals surface area contributed by atoms with E-state index in [1.54, 1.807) is 26.0 Å². The molecule has 0 bridgehead atoms. The highest BCUT2D eigenvalue weighted by molar-refractivity contribution is 6.30. The maximum Gasteiger partial charge on any atom is 0.352 e. The Kier molecular flexibility index (Phi) is 4.86. The Hall–Kier alpha value is -3.34. The number of carbonyl (C=O) groups excluding carboxylic acids is 1. The van der Waals surface area contributed by atoms with Crippen LogP contribution in [0.4, 0.5) is 5.95 Å². The molecule has 0 fully saturated rings. The second-order valence-corrected chi connectivity index (χ2v) is 6.03. The van der Waals surface area contributed by atoms with E-state index in [0.29, 0.717) is 10.6 Å². The summed E-state index contributed by atoms with van der Waals surface area (Å²) in [7, 11) is 1.52. The molecule has 0 aliphatic heterocycles. The Bertz CT molecular complexity index is 1150. The summed E-state index contributed by atoms with van der Waals surface area (Å²) in [6, 6.07) is 4.79. The minimum atomic E-state index is -0.873. The molecule has 0 aliphatic rings. The summed E-state index contributed by atoms with van der Waals surface area (Å²) < 4.78 is 3.11. The molecule has 1 aromatic carbocycles. The van der Waals surface area contributed by atoms with Gasteiger partial charge in [0.15, 0.2) is 0 Å². The van der Waals surface area contributed by atoms with Gasteiger partial charge in [0.2, 0.25) is 11.6 Å². The van der Waals surface area contributed by atoms with E-state index < -0.39 is 22.9 Å². The first kappa shape index (κ1) is 18.5. The number of tetrazole rings is 1. The predicted molar refractivity (Wildman–Crippen MR) is 96.3 cm³/mol. The second-order valence-electron chi connectivity index (χ2n) is 5.60. The Balaban J connectivity index is 2.21. The van der Waals surface area contributed by atoms with Gasteiger partial charge in [0.1, 0.15) is 0 Å². The number of halogens is 1. The highest BCUT2D eigenvalue weighted by Crippen LogP contribution is 2.17. The number of carbonyl (C=O) groups is 1. The lowest BCUT2D eigenvalue weighted by atomic mass is 10.2. The molecule has 3 rings (SSSR count). The Morgan fingerprint density at radius 1 is 1.30 bits per heavy atom. The van der Waals surface area contributed by atoms with E-state index in [2.05, 4.69) is 25.9 Å². The van der Waals surface area contributed by atoms with Crippen LogP contribution in [-0.4, -0.2) is 40.5 Å². The lowest BCUT2D eigenvalue weighted by Gasteiger charge is -2.12. The van der Waals surface area contributed by atoms with E-state index >= 15 is 0 Å². The lowest BCUT2D eigenvalue weighted by Crippen LogP contribution is -2.44. The van der Waals surface area contributed by atoms with Crippen LogP contribution in [0.25, 0.3) is 5.69 Å². The van der Waals surface area contributed by atoms with Gasteiger partial charge in [-0.05, 0) is 42.0 Å². The van der Waals surface area contributed by atoms with Crippen LogP contribution >= 0.6 is 11.6 Å². The number of anilines is 1. The second kappa shape index (κ2) is 7.11. The van der Waals surface area contributed by atoms with Crippen molar-refractivity contribution in [3.8, 4) is 5.69 Å². The third kappa shape index (κ3) is 3.36. The van der Waals surface area contributed by atoms with E-state index in [1.165, 1.54) is 17.8 Å². The SMILES string of the molecule is CCn1nc(C(=O)Nc2nnnn2C)c(=O)n(-c2cc(Cl)ccc2C)c1=O. The third-order valence-electron chi connectivity index (χ3n) is 3.81. The number of hydrogen-bond donors (Lipinski definition) is 1. The highest BCUT2D eigenvalue weighted by Gasteiger charge is 2.22. The molecule has 2 heterocycles. The van der Waals surface area contributed by atoms with Crippen molar-refractivity contribution in [2.45, 2.75) is 20.4 Å². The van der Waals surface area contributed by atoms with Crippen LogP contribution in [-0.2, 0) is 13.6 Å². The van der Waals surface area contributed by atoms with Gasteiger partial charge in [-0.3, -0.25) is 14.9 Å². The predicted octanol–water partition coefficient (Wildman–Crippen LogP) is 0.152. The van der Waals surface area contributed by atoms with Gasteiger partial charge in [0, 0.05) is 18.6 Å². The Labute approximate surface area is 157 Å². The zero-order valence-electron chi connectivity index (χ0n) is 14.7. The van der Waals surface area contributed by atoms with Crippen molar-refractivity contribution >= 4 is 23.5 Å². The van der Waals surface area contributed by atoms with Crippen molar-refractivity contribution in [3.05, 3.63) is 55.3 Å². The van der Waals surface area contributed by atoms with Gasteiger partial charge in [-0.25, -0.2) is 18.7 Å². The molecule has 0 atom stereocenters. The zero-order valence-corrected chi connectivity index (χ0v) is 15.4. The first-order valence-corrected chi connectivity index (χ1v) is 8.25. The molecule has 0 aliphatic carbocycles. The topological polar surface area (TPSA) is 130 Å². The van der Waals surface area contributed by atoms with Crippen LogP contribution in [0.2, 0.25) is 5.02 Å². The minimum Gasteiger partial charge on any atom is -0.288 e. The van der Waals surface area contributed by atoms with Crippen molar-refractivity contribution in [2.75, 3.05) is 5.32 Å². The van der Waals surface area contributed by atoms with E-state index in [0.717, 1.165) is 9.25 Å². The van der Waals surface area contributed by atoms with Crippen molar-refractivity contribution in [2.24, 2.45) is 7.05 Å². The number of rotatable bonds is 4. The van der Waals surface area contributed by atoms with E-state index in [9.17, 15) is 14.4 Å². The van der Waals surface area contributed by atoms with Gasteiger partial charge < -0.3 is 0 Å². The molecule has 0 unspecified atom stereocenters. The average molecular weight is 391 g/mol. The van der Waals surface area contributed by atoms with Crippen LogP contribution in [0, 0.1) is 6.92 Å². The van der Waals surface area contributed by atoms with E-state index in [4.69, 9.17) is 11.6 Å². The van der Waals surface area contributed by atoms with Crippen LogP contribution in [0.15, 0.2) is 27.8 Å². The summed E-state index contributed by atoms with van der Waals surface area (Å²) in [5.74, 6) is -0.811. The van der Waals surface area contributed by atoms with Crippen molar-refractivity contribution in [3.63, 3.8) is 0 Å². The largest absolute Gasteiger partial charge is 0.352 e. The molecule has 27 heavy (non-hydrogen) atoms. The molecule has 2 aromatic heterocycles. The molecule has 1 amide bonds. The summed E-state index contributed by atoms with van der Waals surface area (Å²) in [5, 5.41) is 17.2. The molecule has 0 radical (unpaired) electrons. The van der Waals surface area contributed by atoms with Crippen LogP contribution in [0.1, 0.15) is 23.0 Å². The number of nitrogens with zero attached hydrogens (tertiary/aromatic N) is 7. The van der Waals surface area contributed by atoms with Crippen molar-refractivity contribution in [1.82, 2.24) is 34.6 Å². The molecule has 3 aromatic rings. The number of hydrogen-bond acceptors (Lipinski definition) is 7. The van der Waals surface area contributed by atoms with Gasteiger partial charge in [-0.1, -0.05) is 22.8 Å². The van der Waals surface area contributed by atoms with E-state index in [-0.39, 0.29) is 18.2 Å². The summed E-state index contributed by atoms with van der Waals surface area (Å²) in [6.45, 7) is 3.55. The molecule has 0 saturated carbocycles. The Morgan fingerprint density at radius 3 is 2.67 bits per heavy atom. The van der Waals surface area contributed by atoms with Crippen LogP contribution < -0.4 is 16.6 Å².